The number of benzene rings is 3. The zero-order valence-corrected chi connectivity index (χ0v) is 14.4. The molecule has 0 saturated carbocycles. The van der Waals surface area contributed by atoms with Crippen LogP contribution in [0.3, 0.4) is 0 Å². The van der Waals surface area contributed by atoms with Crippen molar-refractivity contribution >= 4 is 23.1 Å². The van der Waals surface area contributed by atoms with Gasteiger partial charge in [-0.05, 0) is 60.2 Å². The highest BCUT2D eigenvalue weighted by molar-refractivity contribution is 5.80. The molecular formula is C22H13F3N2O. The molecule has 1 heterocycles. The highest BCUT2D eigenvalue weighted by atomic mass is 19.2. The van der Waals surface area contributed by atoms with Crippen LogP contribution in [0.1, 0.15) is 11.4 Å². The first-order valence-corrected chi connectivity index (χ1v) is 8.44. The molecule has 0 radical (unpaired) electrons. The maximum Gasteiger partial charge on any atom is 0.266 e. The van der Waals surface area contributed by atoms with Crippen LogP contribution in [-0.4, -0.2) is 9.55 Å². The predicted octanol–water partition coefficient (Wildman–Crippen LogP) is 4.97. The fourth-order valence-electron chi connectivity index (χ4n) is 2.89. The molecule has 0 bridgehead atoms. The molecule has 0 spiro atoms. The lowest BCUT2D eigenvalue weighted by Gasteiger charge is -2.11. The van der Waals surface area contributed by atoms with Gasteiger partial charge < -0.3 is 0 Å². The molecule has 0 aliphatic rings. The Hall–Kier alpha value is -3.67. The molecule has 28 heavy (non-hydrogen) atoms. The molecule has 4 aromatic rings. The molecule has 4 rings (SSSR count). The summed E-state index contributed by atoms with van der Waals surface area (Å²) in [6, 6.07) is 15.8. The molecular weight excluding hydrogens is 365 g/mol. The van der Waals surface area contributed by atoms with Gasteiger partial charge in [-0.3, -0.25) is 9.36 Å². The first-order valence-electron chi connectivity index (χ1n) is 8.44. The van der Waals surface area contributed by atoms with Crippen molar-refractivity contribution in [2.24, 2.45) is 0 Å². The van der Waals surface area contributed by atoms with E-state index in [4.69, 9.17) is 0 Å². The Balaban J connectivity index is 1.91. The minimum atomic E-state index is -0.968. The summed E-state index contributed by atoms with van der Waals surface area (Å²) in [5, 5.41) is 0.414. The second kappa shape index (κ2) is 7.15. The van der Waals surface area contributed by atoms with Crippen LogP contribution in [0.25, 0.3) is 28.7 Å². The number of hydrogen-bond acceptors (Lipinski definition) is 2. The van der Waals surface area contributed by atoms with Gasteiger partial charge in [0, 0.05) is 0 Å². The van der Waals surface area contributed by atoms with Crippen LogP contribution >= 0.6 is 0 Å². The molecule has 0 atom stereocenters. The van der Waals surface area contributed by atoms with Gasteiger partial charge in [-0.15, -0.1) is 0 Å². The van der Waals surface area contributed by atoms with Crippen LogP contribution in [0.4, 0.5) is 13.2 Å². The molecule has 3 nitrogen and oxygen atoms in total. The highest BCUT2D eigenvalue weighted by Gasteiger charge is 2.11. The molecule has 1 aromatic heterocycles. The third kappa shape index (κ3) is 3.32. The average molecular weight is 378 g/mol. The van der Waals surface area contributed by atoms with Gasteiger partial charge in [-0.25, -0.2) is 18.2 Å². The fourth-order valence-corrected chi connectivity index (χ4v) is 2.89. The van der Waals surface area contributed by atoms with Crippen LogP contribution in [0.2, 0.25) is 0 Å². The number of hydrogen-bond donors (Lipinski definition) is 0. The Morgan fingerprint density at radius 2 is 1.57 bits per heavy atom. The Bertz CT molecular complexity index is 1260. The molecule has 0 N–H and O–H groups in total. The van der Waals surface area contributed by atoms with Crippen molar-refractivity contribution in [1.82, 2.24) is 9.55 Å². The molecule has 3 aromatic carbocycles. The van der Waals surface area contributed by atoms with E-state index in [-0.39, 0.29) is 11.4 Å². The van der Waals surface area contributed by atoms with E-state index >= 15 is 0 Å². The van der Waals surface area contributed by atoms with Crippen LogP contribution < -0.4 is 5.56 Å². The highest BCUT2D eigenvalue weighted by Crippen LogP contribution is 2.17. The lowest BCUT2D eigenvalue weighted by Crippen LogP contribution is -2.22. The number of aromatic nitrogens is 2. The number of para-hydroxylation sites is 1. The molecule has 0 aliphatic carbocycles. The van der Waals surface area contributed by atoms with Gasteiger partial charge >= 0.3 is 0 Å². The Kier molecular flexibility index (Phi) is 4.53. The van der Waals surface area contributed by atoms with Gasteiger partial charge in [0.05, 0.1) is 16.6 Å². The summed E-state index contributed by atoms with van der Waals surface area (Å²) >= 11 is 0. The summed E-state index contributed by atoms with van der Waals surface area (Å²) in [7, 11) is 0. The van der Waals surface area contributed by atoms with E-state index in [0.717, 1.165) is 12.1 Å². The van der Waals surface area contributed by atoms with Crippen LogP contribution in [0.15, 0.2) is 71.5 Å². The summed E-state index contributed by atoms with van der Waals surface area (Å²) in [6.07, 6.45) is 3.06. The van der Waals surface area contributed by atoms with E-state index in [1.807, 2.05) is 0 Å². The first kappa shape index (κ1) is 17.7. The van der Waals surface area contributed by atoms with Gasteiger partial charge in [0.1, 0.15) is 11.6 Å². The monoisotopic (exact) mass is 378 g/mol. The van der Waals surface area contributed by atoms with Crippen molar-refractivity contribution < 1.29 is 13.2 Å². The number of rotatable bonds is 3. The summed E-state index contributed by atoms with van der Waals surface area (Å²) in [6.45, 7) is 0. The van der Waals surface area contributed by atoms with Crippen molar-refractivity contribution in [3.63, 3.8) is 0 Å². The van der Waals surface area contributed by atoms with Gasteiger partial charge in [0.15, 0.2) is 11.6 Å². The molecule has 0 amide bonds. The maximum atomic E-state index is 13.4. The second-order valence-corrected chi connectivity index (χ2v) is 6.11. The van der Waals surface area contributed by atoms with Crippen LogP contribution in [0.5, 0.6) is 0 Å². The van der Waals surface area contributed by atoms with Gasteiger partial charge in [-0.2, -0.15) is 0 Å². The van der Waals surface area contributed by atoms with Gasteiger partial charge in [0.2, 0.25) is 0 Å². The Morgan fingerprint density at radius 3 is 2.32 bits per heavy atom. The fraction of sp³-hybridized carbons (Fsp3) is 0. The minimum Gasteiger partial charge on any atom is -0.268 e. The van der Waals surface area contributed by atoms with E-state index in [9.17, 15) is 18.0 Å². The minimum absolute atomic E-state index is 0.278. The quantitative estimate of drug-likeness (QED) is 0.504. The standard InChI is InChI=1S/C22H13F3N2O/c23-15-7-9-16(10-8-15)27-21(12-6-14-5-11-18(24)19(25)13-14)26-20-4-2-1-3-17(20)22(27)28/h1-13H/b12-6-. The zero-order chi connectivity index (χ0) is 19.7. The van der Waals surface area contributed by atoms with Crippen molar-refractivity contribution in [1.29, 1.82) is 0 Å². The van der Waals surface area contributed by atoms with E-state index in [0.29, 0.717) is 22.2 Å². The molecule has 138 valence electrons. The Morgan fingerprint density at radius 1 is 0.821 bits per heavy atom. The third-order valence-electron chi connectivity index (χ3n) is 4.25. The van der Waals surface area contributed by atoms with Gasteiger partial charge in [-0.1, -0.05) is 24.3 Å². The molecule has 0 fully saturated rings. The average Bonchev–Trinajstić information content (AvgIpc) is 2.70. The van der Waals surface area contributed by atoms with E-state index in [1.165, 1.54) is 47.1 Å². The van der Waals surface area contributed by atoms with E-state index in [2.05, 4.69) is 4.98 Å². The summed E-state index contributed by atoms with van der Waals surface area (Å²) < 4.78 is 41.2. The Labute approximate surface area is 158 Å². The molecule has 0 saturated heterocycles. The van der Waals surface area contributed by atoms with Crippen molar-refractivity contribution in [3.05, 3.63) is 106 Å². The predicted molar refractivity (Wildman–Crippen MR) is 103 cm³/mol. The summed E-state index contributed by atoms with van der Waals surface area (Å²) in [5.41, 5.74) is 1.03. The number of nitrogens with zero attached hydrogens (tertiary/aromatic N) is 2. The summed E-state index contributed by atoms with van der Waals surface area (Å²) in [4.78, 5) is 17.5. The molecule has 0 aliphatic heterocycles. The smallest absolute Gasteiger partial charge is 0.266 e. The topological polar surface area (TPSA) is 34.9 Å². The van der Waals surface area contributed by atoms with Crippen LogP contribution in [-0.2, 0) is 0 Å². The maximum absolute atomic E-state index is 13.4. The SMILES string of the molecule is O=c1c2ccccc2nc(/C=C\c2ccc(F)c(F)c2)n1-c1ccc(F)cc1. The second-order valence-electron chi connectivity index (χ2n) is 6.11. The van der Waals surface area contributed by atoms with Crippen molar-refractivity contribution in [2.75, 3.05) is 0 Å². The van der Waals surface area contributed by atoms with E-state index < -0.39 is 17.5 Å². The van der Waals surface area contributed by atoms with Crippen molar-refractivity contribution in [2.45, 2.75) is 0 Å². The van der Waals surface area contributed by atoms with E-state index in [1.54, 1.807) is 24.3 Å². The van der Waals surface area contributed by atoms with Crippen LogP contribution in [0, 0.1) is 17.5 Å². The largest absolute Gasteiger partial charge is 0.268 e. The number of halogens is 3. The third-order valence-corrected chi connectivity index (χ3v) is 4.25. The normalized spacial score (nSPS) is 11.4. The zero-order valence-electron chi connectivity index (χ0n) is 14.4. The lowest BCUT2D eigenvalue weighted by molar-refractivity contribution is 0.508. The number of fused-ring (bicyclic) bond motifs is 1. The van der Waals surface area contributed by atoms with Crippen molar-refractivity contribution in [3.8, 4) is 5.69 Å². The molecule has 0 unspecified atom stereocenters. The summed E-state index contributed by atoms with van der Waals surface area (Å²) in [5.74, 6) is -2.06. The lowest BCUT2D eigenvalue weighted by atomic mass is 10.2. The van der Waals surface area contributed by atoms with Gasteiger partial charge in [0.25, 0.3) is 5.56 Å². The molecule has 6 heteroatoms. The first-order chi connectivity index (χ1) is 13.5.